The van der Waals surface area contributed by atoms with Crippen LogP contribution in [0.1, 0.15) is 89.6 Å². The van der Waals surface area contributed by atoms with Gasteiger partial charge in [-0.05, 0) is 115 Å². The number of nitrogens with one attached hydrogen (secondary N) is 2. The zero-order chi connectivity index (χ0) is 56.7. The van der Waals surface area contributed by atoms with Gasteiger partial charge < -0.3 is 58.9 Å². The van der Waals surface area contributed by atoms with Crippen LogP contribution in [-0.2, 0) is 60.0 Å². The van der Waals surface area contributed by atoms with Crippen molar-refractivity contribution in [2.24, 2.45) is 7.05 Å². The minimum absolute atomic E-state index is 0.00553. The molecule has 1 aromatic heterocycles. The monoisotopic (exact) mass is 1090 g/mol. The number of amides is 5. The Kier molecular flexibility index (Phi) is 22.2. The lowest BCUT2D eigenvalue weighted by molar-refractivity contribution is -0.145. The van der Waals surface area contributed by atoms with Gasteiger partial charge in [0, 0.05) is 57.7 Å². The second-order valence-electron chi connectivity index (χ2n) is 20.4. The molecule has 1 saturated carbocycles. The summed E-state index contributed by atoms with van der Waals surface area (Å²) in [4.78, 5) is 92.8. The van der Waals surface area contributed by atoms with Crippen LogP contribution in [0.5, 0.6) is 17.2 Å². The number of alkyl carbamates (subject to hydrolysis) is 1. The molecule has 1 heterocycles. The van der Waals surface area contributed by atoms with E-state index in [-0.39, 0.29) is 36.5 Å². The molecule has 0 radical (unpaired) electrons. The minimum atomic E-state index is -3.31. The average Bonchev–Trinajstić information content (AvgIpc) is 3.72. The van der Waals surface area contributed by atoms with Crippen LogP contribution in [0.25, 0.3) is 11.3 Å². The van der Waals surface area contributed by atoms with Gasteiger partial charge in [0.25, 0.3) is 0 Å². The fraction of sp³-hybridized carbons (Fsp3) is 0.509. The lowest BCUT2D eigenvalue weighted by Gasteiger charge is -2.38. The summed E-state index contributed by atoms with van der Waals surface area (Å²) in [6, 6.07) is 13.3. The summed E-state index contributed by atoms with van der Waals surface area (Å²) in [6.45, 7) is 2.99. The van der Waals surface area contributed by atoms with Crippen LogP contribution in [-0.4, -0.2) is 154 Å². The first-order valence-electron chi connectivity index (χ1n) is 25.4. The quantitative estimate of drug-likeness (QED) is 0.0582. The molecule has 420 valence electrons. The molecule has 3 aromatic carbocycles. The Hall–Kier alpha value is -6.84. The summed E-state index contributed by atoms with van der Waals surface area (Å²) >= 11 is 6.08. The van der Waals surface area contributed by atoms with E-state index in [4.69, 9.17) is 30.5 Å². The van der Waals surface area contributed by atoms with Crippen LogP contribution in [0.3, 0.4) is 0 Å². The maximum atomic E-state index is 14.7. The maximum absolute atomic E-state index is 14.7. The molecule has 5 atom stereocenters. The normalized spacial score (nSPS) is 15.7. The first-order valence-corrected chi connectivity index (χ1v) is 25.8. The minimum Gasteiger partial charge on any atom is -0.481 e. The smallest absolute Gasteiger partial charge is 0.407 e. The van der Waals surface area contributed by atoms with E-state index in [0.717, 1.165) is 34.8 Å². The number of carboxylic acids is 1. The standard InChI is InChI=1S/C55H73ClF2N8O11/c1-34(51(71)60-42(33-74-10)52(72)63(7)38(29-50(69)70)28-35-18-22-37(56)23-19-35)66(49(68)27-26-48(67)65(9)43-15-12-11-14-41(43)61-54(73)77-55(2,3)4)31-40-45(16-13-17-46(40)76-53(57)58)75-39-24-20-36(21-25-39)44-30-59-47(64(44)8)32-62(5)6/h13,16-25,30,34,38,41-43,53H,11-12,14-15,26-29,31-33H2,1-10H3,(H,60,71)(H,61,73)(H,69,70)/t34?,38?,41-,42?,43-/m0/s1. The van der Waals surface area contributed by atoms with E-state index in [0.29, 0.717) is 35.7 Å². The number of carboxylic acid groups (broad SMARTS) is 1. The molecule has 1 aliphatic rings. The van der Waals surface area contributed by atoms with Crippen molar-refractivity contribution in [3.8, 4) is 28.5 Å². The number of aromatic nitrogens is 2. The van der Waals surface area contributed by atoms with Crippen molar-refractivity contribution in [1.82, 2.24) is 39.8 Å². The summed E-state index contributed by atoms with van der Waals surface area (Å²) in [5.74, 6) is -3.14. The van der Waals surface area contributed by atoms with Gasteiger partial charge in [0.15, 0.2) is 0 Å². The number of carbonyl (C=O) groups excluding carboxylic acids is 5. The average molecular weight is 1100 g/mol. The summed E-state index contributed by atoms with van der Waals surface area (Å²) in [5, 5.41) is 15.9. The highest BCUT2D eigenvalue weighted by Crippen LogP contribution is 2.36. The molecule has 5 amide bonds. The van der Waals surface area contributed by atoms with Crippen LogP contribution in [0.2, 0.25) is 5.02 Å². The molecule has 0 saturated heterocycles. The number of likely N-dealkylation sites (N-methyl/N-ethyl adjacent to an activating group) is 2. The van der Waals surface area contributed by atoms with Gasteiger partial charge in [0.2, 0.25) is 23.6 Å². The summed E-state index contributed by atoms with van der Waals surface area (Å²) in [6.07, 6.45) is 2.78. The fourth-order valence-electron chi connectivity index (χ4n) is 9.14. The topological polar surface area (TPSA) is 214 Å². The van der Waals surface area contributed by atoms with Gasteiger partial charge in [-0.3, -0.25) is 24.0 Å². The van der Waals surface area contributed by atoms with Crippen molar-refractivity contribution in [3.05, 3.63) is 94.9 Å². The molecule has 0 bridgehead atoms. The van der Waals surface area contributed by atoms with E-state index < -0.39 is 97.5 Å². The van der Waals surface area contributed by atoms with Crippen molar-refractivity contribution in [3.63, 3.8) is 0 Å². The van der Waals surface area contributed by atoms with E-state index >= 15 is 0 Å². The third-order valence-electron chi connectivity index (χ3n) is 13.2. The van der Waals surface area contributed by atoms with Crippen molar-refractivity contribution >= 4 is 47.3 Å². The number of carbonyl (C=O) groups is 6. The lowest BCUT2D eigenvalue weighted by Crippen LogP contribution is -2.57. The Morgan fingerprint density at radius 2 is 1.55 bits per heavy atom. The van der Waals surface area contributed by atoms with Gasteiger partial charge in [-0.25, -0.2) is 9.78 Å². The first-order chi connectivity index (χ1) is 36.3. The Bertz CT molecular complexity index is 2650. The van der Waals surface area contributed by atoms with Gasteiger partial charge in [-0.2, -0.15) is 8.78 Å². The molecule has 0 spiro atoms. The number of ether oxygens (including phenoxy) is 4. The molecule has 22 heteroatoms. The SMILES string of the molecule is COCC(NC(=O)C(C)N(Cc1c(Oc2ccc(-c3cnc(CN(C)C)n3C)cc2)cccc1OC(F)F)C(=O)CCC(=O)N(C)[C@H]1CCCC[C@@H]1NC(=O)OC(C)(C)C)C(=O)N(C)C(CC(=O)O)Cc1ccc(Cl)cc1. The van der Waals surface area contributed by atoms with Gasteiger partial charge >= 0.3 is 18.7 Å². The number of hydrogen-bond acceptors (Lipinski definition) is 12. The predicted molar refractivity (Wildman–Crippen MR) is 284 cm³/mol. The zero-order valence-corrected chi connectivity index (χ0v) is 46.3. The van der Waals surface area contributed by atoms with Crippen molar-refractivity contribution < 1.29 is 61.6 Å². The van der Waals surface area contributed by atoms with Gasteiger partial charge in [0.1, 0.15) is 40.8 Å². The molecule has 3 N–H and O–H groups in total. The van der Waals surface area contributed by atoms with Crippen LogP contribution in [0.4, 0.5) is 13.6 Å². The third kappa shape index (κ3) is 17.9. The number of alkyl halides is 2. The number of methoxy groups -OCH3 is 1. The van der Waals surface area contributed by atoms with Crippen LogP contribution >= 0.6 is 11.6 Å². The molecule has 1 aliphatic carbocycles. The molecular weight excluding hydrogens is 1020 g/mol. The van der Waals surface area contributed by atoms with Crippen LogP contribution < -0.4 is 20.1 Å². The van der Waals surface area contributed by atoms with Crippen molar-refractivity contribution in [2.45, 2.75) is 135 Å². The zero-order valence-electron chi connectivity index (χ0n) is 45.5. The Morgan fingerprint density at radius 3 is 2.17 bits per heavy atom. The lowest BCUT2D eigenvalue weighted by atomic mass is 9.89. The molecule has 0 aliphatic heterocycles. The Morgan fingerprint density at radius 1 is 0.896 bits per heavy atom. The molecule has 1 fully saturated rings. The first kappa shape index (κ1) is 61.0. The highest BCUT2D eigenvalue weighted by atomic mass is 35.5. The number of rotatable bonds is 25. The predicted octanol–water partition coefficient (Wildman–Crippen LogP) is 7.66. The molecule has 19 nitrogen and oxygen atoms in total. The fourth-order valence-corrected chi connectivity index (χ4v) is 9.27. The molecule has 5 rings (SSSR count). The van der Waals surface area contributed by atoms with Crippen molar-refractivity contribution in [1.29, 1.82) is 0 Å². The highest BCUT2D eigenvalue weighted by molar-refractivity contribution is 6.30. The van der Waals surface area contributed by atoms with Crippen LogP contribution in [0, 0.1) is 0 Å². The maximum Gasteiger partial charge on any atom is 0.407 e. The number of nitrogens with zero attached hydrogens (tertiary/aromatic N) is 6. The molecule has 4 aromatic rings. The van der Waals surface area contributed by atoms with Gasteiger partial charge in [-0.15, -0.1) is 0 Å². The number of aliphatic carboxylic acids is 1. The number of imidazole rings is 1. The second-order valence-corrected chi connectivity index (χ2v) is 20.9. The highest BCUT2D eigenvalue weighted by Gasteiger charge is 2.37. The van der Waals surface area contributed by atoms with E-state index in [9.17, 15) is 42.7 Å². The van der Waals surface area contributed by atoms with E-state index in [2.05, 4.69) is 15.6 Å². The Labute approximate surface area is 454 Å². The van der Waals surface area contributed by atoms with Gasteiger partial charge in [0.05, 0.1) is 55.7 Å². The molecular formula is C55H73ClF2N8O11. The number of hydrogen-bond donors (Lipinski definition) is 3. The summed E-state index contributed by atoms with van der Waals surface area (Å²) < 4.78 is 52.6. The van der Waals surface area contributed by atoms with E-state index in [1.54, 1.807) is 82.5 Å². The Balaban J connectivity index is 1.46. The summed E-state index contributed by atoms with van der Waals surface area (Å²) in [7, 11) is 10.1. The summed E-state index contributed by atoms with van der Waals surface area (Å²) in [5.41, 5.74) is 1.56. The second kappa shape index (κ2) is 28.0. The molecule has 3 unspecified atom stereocenters. The van der Waals surface area contributed by atoms with Crippen LogP contribution in [0.15, 0.2) is 72.9 Å². The third-order valence-corrected chi connectivity index (χ3v) is 13.5. The molecule has 77 heavy (non-hydrogen) atoms. The largest absolute Gasteiger partial charge is 0.481 e. The van der Waals surface area contributed by atoms with E-state index in [1.807, 2.05) is 30.6 Å². The van der Waals surface area contributed by atoms with E-state index in [1.165, 1.54) is 49.1 Å². The number of halogens is 3. The van der Waals surface area contributed by atoms with Crippen molar-refractivity contribution in [2.75, 3.05) is 41.9 Å². The van der Waals surface area contributed by atoms with Gasteiger partial charge in [-0.1, -0.05) is 42.6 Å². The number of benzene rings is 3.